The number of alkyl halides is 3. The molecule has 0 aliphatic carbocycles. The molecule has 0 radical (unpaired) electrons. The van der Waals surface area contributed by atoms with Crippen molar-refractivity contribution in [1.82, 2.24) is 14.8 Å². The molecule has 2 aromatic heterocycles. The van der Waals surface area contributed by atoms with Crippen molar-refractivity contribution in [2.75, 3.05) is 5.32 Å². The zero-order valence-corrected chi connectivity index (χ0v) is 13.8. The molecule has 0 unspecified atom stereocenters. The highest BCUT2D eigenvalue weighted by atomic mass is 19.4. The van der Waals surface area contributed by atoms with Gasteiger partial charge in [0.1, 0.15) is 6.54 Å². The van der Waals surface area contributed by atoms with Crippen LogP contribution in [-0.2, 0) is 17.5 Å². The molecule has 0 aliphatic rings. The average Bonchev–Trinajstić information content (AvgIpc) is 2.64. The second-order valence-corrected chi connectivity index (χ2v) is 5.58. The number of nitrogens with one attached hydrogen (secondary N) is 1. The van der Waals surface area contributed by atoms with Gasteiger partial charge in [-0.25, -0.2) is 4.68 Å². The third-order valence-electron chi connectivity index (χ3n) is 3.61. The van der Waals surface area contributed by atoms with Crippen LogP contribution in [0.4, 0.5) is 18.9 Å². The molecule has 0 bridgehead atoms. The lowest BCUT2D eigenvalue weighted by atomic mass is 10.2. The van der Waals surface area contributed by atoms with Crippen molar-refractivity contribution in [3.8, 4) is 11.3 Å². The number of rotatable bonds is 4. The largest absolute Gasteiger partial charge is 0.416 e. The van der Waals surface area contributed by atoms with Gasteiger partial charge >= 0.3 is 6.18 Å². The molecule has 138 valence electrons. The number of anilines is 1. The van der Waals surface area contributed by atoms with E-state index in [2.05, 4.69) is 15.4 Å². The van der Waals surface area contributed by atoms with Crippen molar-refractivity contribution < 1.29 is 18.0 Å². The third-order valence-corrected chi connectivity index (χ3v) is 3.61. The van der Waals surface area contributed by atoms with Gasteiger partial charge in [0.15, 0.2) is 0 Å². The molecule has 27 heavy (non-hydrogen) atoms. The maximum Gasteiger partial charge on any atom is 0.416 e. The summed E-state index contributed by atoms with van der Waals surface area (Å²) in [6, 6.07) is 10.3. The van der Waals surface area contributed by atoms with Crippen LogP contribution in [0.5, 0.6) is 0 Å². The lowest BCUT2D eigenvalue weighted by molar-refractivity contribution is -0.137. The molecule has 2 heterocycles. The maximum atomic E-state index is 12.6. The van der Waals surface area contributed by atoms with Crippen molar-refractivity contribution in [3.05, 3.63) is 76.8 Å². The summed E-state index contributed by atoms with van der Waals surface area (Å²) in [7, 11) is 0. The van der Waals surface area contributed by atoms with Gasteiger partial charge in [-0.1, -0.05) is 0 Å². The molecule has 0 saturated heterocycles. The molecule has 0 aliphatic heterocycles. The molecule has 1 aromatic carbocycles. The Morgan fingerprint density at radius 2 is 1.81 bits per heavy atom. The first-order chi connectivity index (χ1) is 12.8. The van der Waals surface area contributed by atoms with E-state index in [-0.39, 0.29) is 12.2 Å². The van der Waals surface area contributed by atoms with E-state index in [9.17, 15) is 22.8 Å². The van der Waals surface area contributed by atoms with E-state index >= 15 is 0 Å². The predicted molar refractivity (Wildman–Crippen MR) is 91.8 cm³/mol. The molecule has 3 rings (SSSR count). The highest BCUT2D eigenvalue weighted by Gasteiger charge is 2.29. The Bertz CT molecular complexity index is 1000. The molecule has 1 amide bonds. The van der Waals surface area contributed by atoms with Gasteiger partial charge in [0, 0.05) is 29.7 Å². The number of hydrogen-bond acceptors (Lipinski definition) is 4. The molecule has 0 spiro atoms. The SMILES string of the molecule is O=C(Cn1nc(-c2cccnc2)ccc1=O)Nc1ccc(C(F)(F)F)cc1. The minimum atomic E-state index is -4.45. The Kier molecular flexibility index (Phi) is 5.02. The summed E-state index contributed by atoms with van der Waals surface area (Å²) in [5.41, 5.74) is 0.0247. The van der Waals surface area contributed by atoms with Gasteiger partial charge in [-0.05, 0) is 42.5 Å². The number of carbonyl (C=O) groups excluding carboxylic acids is 1. The van der Waals surface area contributed by atoms with Gasteiger partial charge < -0.3 is 5.32 Å². The van der Waals surface area contributed by atoms with Crippen molar-refractivity contribution in [2.45, 2.75) is 12.7 Å². The number of carbonyl (C=O) groups is 1. The average molecular weight is 374 g/mol. The van der Waals surface area contributed by atoms with E-state index in [0.29, 0.717) is 11.3 Å². The fourth-order valence-electron chi connectivity index (χ4n) is 2.31. The first-order valence-electron chi connectivity index (χ1n) is 7.78. The molecule has 6 nitrogen and oxygen atoms in total. The van der Waals surface area contributed by atoms with Gasteiger partial charge in [-0.3, -0.25) is 14.6 Å². The Morgan fingerprint density at radius 3 is 2.44 bits per heavy atom. The Labute approximate surface area is 151 Å². The molecule has 0 atom stereocenters. The number of halogens is 3. The lowest BCUT2D eigenvalue weighted by Crippen LogP contribution is -2.29. The van der Waals surface area contributed by atoms with E-state index in [0.717, 1.165) is 28.9 Å². The van der Waals surface area contributed by atoms with Gasteiger partial charge in [-0.15, -0.1) is 0 Å². The summed E-state index contributed by atoms with van der Waals surface area (Å²) in [6.07, 6.45) is -1.29. The van der Waals surface area contributed by atoms with Gasteiger partial charge in [0.05, 0.1) is 11.3 Å². The molecular weight excluding hydrogens is 361 g/mol. The molecular formula is C18H13F3N4O2. The molecule has 3 aromatic rings. The van der Waals surface area contributed by atoms with Crippen LogP contribution >= 0.6 is 0 Å². The summed E-state index contributed by atoms with van der Waals surface area (Å²) in [5.74, 6) is -0.590. The number of benzene rings is 1. The number of nitrogens with zero attached hydrogens (tertiary/aromatic N) is 3. The second kappa shape index (κ2) is 7.40. The minimum Gasteiger partial charge on any atom is -0.324 e. The van der Waals surface area contributed by atoms with Crippen molar-refractivity contribution in [2.24, 2.45) is 0 Å². The van der Waals surface area contributed by atoms with E-state index in [4.69, 9.17) is 0 Å². The van der Waals surface area contributed by atoms with E-state index in [1.807, 2.05) is 0 Å². The van der Waals surface area contributed by atoms with Crippen LogP contribution in [0.15, 0.2) is 65.7 Å². The van der Waals surface area contributed by atoms with Gasteiger partial charge in [0.25, 0.3) is 5.56 Å². The van der Waals surface area contributed by atoms with Crippen LogP contribution in [0.2, 0.25) is 0 Å². The number of amides is 1. The number of aromatic nitrogens is 3. The summed E-state index contributed by atoms with van der Waals surface area (Å²) < 4.78 is 38.6. The first-order valence-corrected chi connectivity index (χ1v) is 7.78. The van der Waals surface area contributed by atoms with Crippen molar-refractivity contribution in [1.29, 1.82) is 0 Å². The van der Waals surface area contributed by atoms with Crippen LogP contribution in [0.25, 0.3) is 11.3 Å². The third kappa shape index (κ3) is 4.57. The fraction of sp³-hybridized carbons (Fsp3) is 0.111. The Morgan fingerprint density at radius 1 is 1.07 bits per heavy atom. The van der Waals surface area contributed by atoms with Crippen LogP contribution in [0.3, 0.4) is 0 Å². The Hall–Kier alpha value is -3.49. The molecule has 9 heteroatoms. The monoisotopic (exact) mass is 374 g/mol. The number of pyridine rings is 1. The molecule has 0 saturated carbocycles. The maximum absolute atomic E-state index is 12.6. The fourth-order valence-corrected chi connectivity index (χ4v) is 2.31. The second-order valence-electron chi connectivity index (χ2n) is 5.58. The van der Waals surface area contributed by atoms with Crippen LogP contribution in [0, 0.1) is 0 Å². The Balaban J connectivity index is 1.73. The predicted octanol–water partition coefficient (Wildman–Crippen LogP) is 2.96. The summed E-state index contributed by atoms with van der Waals surface area (Å²) in [4.78, 5) is 28.0. The molecule has 0 fully saturated rings. The van der Waals surface area contributed by atoms with E-state index < -0.39 is 23.2 Å². The number of hydrogen-bond donors (Lipinski definition) is 1. The van der Waals surface area contributed by atoms with Crippen molar-refractivity contribution in [3.63, 3.8) is 0 Å². The van der Waals surface area contributed by atoms with Gasteiger partial charge in [-0.2, -0.15) is 18.3 Å². The lowest BCUT2D eigenvalue weighted by Gasteiger charge is -2.10. The van der Waals surface area contributed by atoms with Crippen LogP contribution in [0.1, 0.15) is 5.56 Å². The van der Waals surface area contributed by atoms with Crippen molar-refractivity contribution >= 4 is 11.6 Å². The highest BCUT2D eigenvalue weighted by molar-refractivity contribution is 5.90. The van der Waals surface area contributed by atoms with Gasteiger partial charge in [0.2, 0.25) is 5.91 Å². The summed E-state index contributed by atoms with van der Waals surface area (Å²) >= 11 is 0. The quantitative estimate of drug-likeness (QED) is 0.762. The standard InChI is InChI=1S/C18H13F3N4O2/c19-18(20,21)13-3-5-14(6-4-13)23-16(26)11-25-17(27)8-7-15(24-25)12-2-1-9-22-10-12/h1-10H,11H2,(H,23,26). The molecule has 1 N–H and O–H groups in total. The summed E-state index contributed by atoms with van der Waals surface area (Å²) in [5, 5.41) is 6.56. The van der Waals surface area contributed by atoms with Crippen LogP contribution in [-0.4, -0.2) is 20.7 Å². The summed E-state index contributed by atoms with van der Waals surface area (Å²) in [6.45, 7) is -0.381. The van der Waals surface area contributed by atoms with E-state index in [1.165, 1.54) is 12.1 Å². The first kappa shape index (κ1) is 18.3. The zero-order valence-electron chi connectivity index (χ0n) is 13.8. The smallest absolute Gasteiger partial charge is 0.324 e. The van der Waals surface area contributed by atoms with Crippen LogP contribution < -0.4 is 10.9 Å². The zero-order chi connectivity index (χ0) is 19.4. The topological polar surface area (TPSA) is 76.9 Å². The highest BCUT2D eigenvalue weighted by Crippen LogP contribution is 2.29. The van der Waals surface area contributed by atoms with E-state index in [1.54, 1.807) is 24.5 Å². The normalized spacial score (nSPS) is 11.2. The minimum absolute atomic E-state index is 0.185.